The number of primary amides is 1. The number of halogens is 1. The average Bonchev–Trinajstić information content (AvgIpc) is 3.28. The van der Waals surface area contributed by atoms with Gasteiger partial charge in [-0.2, -0.15) is 0 Å². The maximum Gasteiger partial charge on any atom is 0.412 e. The van der Waals surface area contributed by atoms with Gasteiger partial charge in [-0.15, -0.1) is 16.0 Å². The van der Waals surface area contributed by atoms with Crippen molar-refractivity contribution in [2.24, 2.45) is 5.73 Å². The molecule has 8 nitrogen and oxygen atoms in total. The van der Waals surface area contributed by atoms with Gasteiger partial charge in [0.1, 0.15) is 5.52 Å². The number of alkyl halides is 1. The normalized spacial score (nSPS) is 17.3. The molecule has 1 fully saturated rings. The summed E-state index contributed by atoms with van der Waals surface area (Å²) in [7, 11) is 0. The van der Waals surface area contributed by atoms with Gasteiger partial charge >= 0.3 is 11.5 Å². The van der Waals surface area contributed by atoms with Crippen LogP contribution in [0.15, 0.2) is 23.0 Å². The van der Waals surface area contributed by atoms with Crippen molar-refractivity contribution in [2.75, 3.05) is 23.9 Å². The average molecular weight is 416 g/mol. The first kappa shape index (κ1) is 18.4. The first-order valence-corrected chi connectivity index (χ1v) is 10.7. The van der Waals surface area contributed by atoms with Crippen LogP contribution in [0, 0.1) is 0 Å². The highest BCUT2D eigenvalue weighted by atomic mass is 35.5. The van der Waals surface area contributed by atoms with Crippen molar-refractivity contribution in [1.82, 2.24) is 14.0 Å². The Morgan fingerprint density at radius 1 is 1.24 bits per heavy atom. The maximum atomic E-state index is 13.5. The van der Waals surface area contributed by atoms with E-state index in [9.17, 15) is 9.59 Å². The second kappa shape index (κ2) is 7.02. The third-order valence-electron chi connectivity index (χ3n) is 6.21. The van der Waals surface area contributed by atoms with E-state index < -0.39 is 5.91 Å². The van der Waals surface area contributed by atoms with Crippen LogP contribution in [0.4, 0.5) is 5.95 Å². The summed E-state index contributed by atoms with van der Waals surface area (Å²) in [5, 5.41) is 0. The number of benzene rings is 1. The molecule has 0 bridgehead atoms. The summed E-state index contributed by atoms with van der Waals surface area (Å²) in [5.41, 5.74) is 7.36. The van der Waals surface area contributed by atoms with Crippen molar-refractivity contribution < 1.29 is 9.36 Å². The molecular weight excluding hydrogens is 392 g/mol. The molecule has 2 N–H and O–H groups in total. The first-order valence-electron chi connectivity index (χ1n) is 10.2. The molecule has 1 aromatic carbocycles. The molecule has 0 atom stereocenters. The second-order valence-electron chi connectivity index (χ2n) is 7.89. The fourth-order valence-corrected chi connectivity index (χ4v) is 5.01. The zero-order chi connectivity index (χ0) is 20.1. The standard InChI is InChI=1S/C20H23ClN6O2/c21-8-9-24-10-11-25-18(24)23-19-26(14-4-2-1-3-5-14)15-7-6-13(17(22)28)12-16(15)27(19)20(25)29/h6-7,12,14H,1-5,8-11H2,(H-,22,28)/p+1. The monoisotopic (exact) mass is 415 g/mol. The van der Waals surface area contributed by atoms with Crippen LogP contribution in [0.2, 0.25) is 0 Å². The van der Waals surface area contributed by atoms with Crippen molar-refractivity contribution in [2.45, 2.75) is 44.7 Å². The van der Waals surface area contributed by atoms with E-state index in [-0.39, 0.29) is 11.7 Å². The van der Waals surface area contributed by atoms with Crippen LogP contribution >= 0.6 is 11.6 Å². The quantitative estimate of drug-likeness (QED) is 0.517. The van der Waals surface area contributed by atoms with Gasteiger partial charge in [-0.05, 0) is 48.9 Å². The Morgan fingerprint density at radius 2 is 2.03 bits per heavy atom. The SMILES string of the molecule is NC(=O)c1ccc2c(c1)n1c(=O)n3c(nc1[n+]2C1CCCCC1)N(CCCl)CC3. The lowest BCUT2D eigenvalue weighted by Gasteiger charge is -2.20. The Kier molecular flexibility index (Phi) is 4.46. The van der Waals surface area contributed by atoms with Crippen LogP contribution in [0.25, 0.3) is 16.8 Å². The number of rotatable bonds is 4. The number of hydrogen-bond donors (Lipinski definition) is 1. The largest absolute Gasteiger partial charge is 0.412 e. The molecule has 2 aromatic heterocycles. The predicted molar refractivity (Wildman–Crippen MR) is 111 cm³/mol. The van der Waals surface area contributed by atoms with Crippen LogP contribution in [0.1, 0.15) is 48.5 Å². The fraction of sp³-hybridized carbons (Fsp3) is 0.500. The van der Waals surface area contributed by atoms with Gasteiger partial charge in [0.2, 0.25) is 5.91 Å². The van der Waals surface area contributed by atoms with Crippen molar-refractivity contribution in [3.8, 4) is 0 Å². The van der Waals surface area contributed by atoms with E-state index >= 15 is 0 Å². The van der Waals surface area contributed by atoms with Gasteiger partial charge in [0, 0.05) is 24.5 Å². The van der Waals surface area contributed by atoms with Gasteiger partial charge in [0.25, 0.3) is 5.95 Å². The smallest absolute Gasteiger partial charge is 0.366 e. The Balaban J connectivity index is 1.85. The number of nitrogens with zero attached hydrogens (tertiary/aromatic N) is 5. The molecule has 9 heteroatoms. The number of aromatic nitrogens is 4. The highest BCUT2D eigenvalue weighted by Crippen LogP contribution is 2.28. The number of carbonyl (C=O) groups is 1. The van der Waals surface area contributed by atoms with Crippen LogP contribution < -0.4 is 20.9 Å². The van der Waals surface area contributed by atoms with Crippen LogP contribution in [0.5, 0.6) is 0 Å². The molecule has 5 rings (SSSR count). The van der Waals surface area contributed by atoms with Gasteiger partial charge in [0.05, 0.1) is 12.6 Å². The molecule has 29 heavy (non-hydrogen) atoms. The highest BCUT2D eigenvalue weighted by molar-refractivity contribution is 6.18. The van der Waals surface area contributed by atoms with Crippen molar-refractivity contribution in [3.63, 3.8) is 0 Å². The Labute approximate surface area is 172 Å². The number of anilines is 1. The lowest BCUT2D eigenvalue weighted by atomic mass is 9.95. The zero-order valence-electron chi connectivity index (χ0n) is 16.2. The minimum atomic E-state index is -0.506. The van der Waals surface area contributed by atoms with E-state index in [0.29, 0.717) is 41.8 Å². The summed E-state index contributed by atoms with van der Waals surface area (Å²) in [5.74, 6) is 1.28. The van der Waals surface area contributed by atoms with Gasteiger partial charge in [0.15, 0.2) is 5.52 Å². The lowest BCUT2D eigenvalue weighted by molar-refractivity contribution is -0.679. The van der Waals surface area contributed by atoms with Crippen molar-refractivity contribution >= 4 is 40.3 Å². The Hall–Kier alpha value is -2.61. The summed E-state index contributed by atoms with van der Waals surface area (Å²) in [4.78, 5) is 32.2. The number of hydrogen-bond acceptors (Lipinski definition) is 4. The summed E-state index contributed by atoms with van der Waals surface area (Å²) in [6.45, 7) is 1.95. The lowest BCUT2D eigenvalue weighted by Crippen LogP contribution is -2.42. The van der Waals surface area contributed by atoms with E-state index in [2.05, 4.69) is 9.47 Å². The summed E-state index contributed by atoms with van der Waals surface area (Å²) >= 11 is 5.96. The fourth-order valence-electron chi connectivity index (χ4n) is 4.80. The first-order chi connectivity index (χ1) is 14.1. The molecule has 1 aliphatic carbocycles. The van der Waals surface area contributed by atoms with Gasteiger partial charge in [-0.25, -0.2) is 13.9 Å². The van der Waals surface area contributed by atoms with E-state index in [4.69, 9.17) is 22.3 Å². The van der Waals surface area contributed by atoms with Gasteiger partial charge in [-0.3, -0.25) is 4.79 Å². The number of imidazole rings is 1. The zero-order valence-corrected chi connectivity index (χ0v) is 16.9. The topological polar surface area (TPSA) is 89.5 Å². The van der Waals surface area contributed by atoms with E-state index in [1.165, 1.54) is 6.42 Å². The van der Waals surface area contributed by atoms with Crippen LogP contribution in [0.3, 0.4) is 0 Å². The van der Waals surface area contributed by atoms with Crippen molar-refractivity contribution in [1.29, 1.82) is 0 Å². The summed E-state index contributed by atoms with van der Waals surface area (Å²) in [6, 6.07) is 5.62. The summed E-state index contributed by atoms with van der Waals surface area (Å²) < 4.78 is 5.53. The second-order valence-corrected chi connectivity index (χ2v) is 8.27. The molecule has 2 aliphatic rings. The molecule has 3 aromatic rings. The van der Waals surface area contributed by atoms with Crippen molar-refractivity contribution in [3.05, 3.63) is 34.2 Å². The molecular formula is C20H24ClN6O2+. The van der Waals surface area contributed by atoms with Gasteiger partial charge in [-0.1, -0.05) is 6.42 Å². The van der Waals surface area contributed by atoms with Gasteiger partial charge < -0.3 is 10.6 Å². The number of fused-ring (bicyclic) bond motifs is 4. The van der Waals surface area contributed by atoms with E-state index in [1.54, 1.807) is 21.1 Å². The summed E-state index contributed by atoms with van der Waals surface area (Å²) in [6.07, 6.45) is 5.68. The molecule has 0 saturated heterocycles. The molecule has 0 radical (unpaired) electrons. The predicted octanol–water partition coefficient (Wildman–Crippen LogP) is 1.60. The Bertz CT molecular complexity index is 1180. The number of carbonyl (C=O) groups excluding carboxylic acids is 1. The van der Waals surface area contributed by atoms with E-state index in [0.717, 1.165) is 37.7 Å². The molecule has 3 heterocycles. The molecule has 152 valence electrons. The third kappa shape index (κ3) is 2.80. The number of amides is 1. The minimum absolute atomic E-state index is 0.136. The molecule has 0 unspecified atom stereocenters. The number of nitrogens with two attached hydrogens (primary N) is 1. The Morgan fingerprint density at radius 3 is 2.76 bits per heavy atom. The third-order valence-corrected chi connectivity index (χ3v) is 6.38. The molecule has 1 amide bonds. The highest BCUT2D eigenvalue weighted by Gasteiger charge is 2.34. The van der Waals surface area contributed by atoms with Crippen LogP contribution in [-0.2, 0) is 6.54 Å². The molecule has 1 aliphatic heterocycles. The van der Waals surface area contributed by atoms with E-state index in [1.807, 2.05) is 6.07 Å². The molecule has 1 saturated carbocycles. The molecule has 0 spiro atoms. The maximum absolute atomic E-state index is 13.5. The van der Waals surface area contributed by atoms with Crippen LogP contribution in [-0.4, -0.2) is 38.8 Å². The minimum Gasteiger partial charge on any atom is -0.366 e.